The fourth-order valence-electron chi connectivity index (χ4n) is 1.94. The van der Waals surface area contributed by atoms with E-state index < -0.39 is 16.6 Å². The Hall–Kier alpha value is -2.39. The van der Waals surface area contributed by atoms with Crippen LogP contribution < -0.4 is 9.47 Å². The first kappa shape index (κ1) is 17.0. The van der Waals surface area contributed by atoms with Gasteiger partial charge in [-0.2, -0.15) is 0 Å². The minimum Gasteiger partial charge on any atom is -0.487 e. The van der Waals surface area contributed by atoms with E-state index >= 15 is 0 Å². The molecule has 0 fully saturated rings. The van der Waals surface area contributed by atoms with Gasteiger partial charge in [0, 0.05) is 6.07 Å². The standard InChI is InChI=1S/C14H17NO8/c1-19-14(16)10-8-12-13(9-11(10)15(17)18)23-7-5-21-3-2-20-4-6-22-12/h8-9H,2-7H2,1H3. The number of carbonyl (C=O) groups is 1. The maximum Gasteiger partial charge on any atom is 0.345 e. The second-order valence-electron chi connectivity index (χ2n) is 4.49. The highest BCUT2D eigenvalue weighted by Gasteiger charge is 2.25. The van der Waals surface area contributed by atoms with Crippen molar-refractivity contribution in [3.63, 3.8) is 0 Å². The topological polar surface area (TPSA) is 106 Å². The molecule has 0 spiro atoms. The van der Waals surface area contributed by atoms with E-state index in [1.165, 1.54) is 6.07 Å². The lowest BCUT2D eigenvalue weighted by Gasteiger charge is -2.15. The molecule has 0 N–H and O–H groups in total. The van der Waals surface area contributed by atoms with Gasteiger partial charge in [0.05, 0.1) is 44.5 Å². The lowest BCUT2D eigenvalue weighted by atomic mass is 10.1. The van der Waals surface area contributed by atoms with Crippen molar-refractivity contribution in [2.75, 3.05) is 46.8 Å². The summed E-state index contributed by atoms with van der Waals surface area (Å²) in [5.74, 6) is -0.456. The van der Waals surface area contributed by atoms with Crippen LogP contribution in [0.3, 0.4) is 0 Å². The van der Waals surface area contributed by atoms with Gasteiger partial charge in [-0.25, -0.2) is 4.79 Å². The van der Waals surface area contributed by atoms with Crippen molar-refractivity contribution in [3.05, 3.63) is 27.8 Å². The SMILES string of the molecule is COC(=O)c1cc2c(cc1[N+](=O)[O-])OCCOCCOCCO2. The first-order valence-electron chi connectivity index (χ1n) is 6.95. The molecule has 0 aromatic heterocycles. The number of methoxy groups -OCH3 is 1. The third kappa shape index (κ3) is 4.54. The van der Waals surface area contributed by atoms with Crippen molar-refractivity contribution < 1.29 is 33.4 Å². The van der Waals surface area contributed by atoms with Crippen molar-refractivity contribution >= 4 is 11.7 Å². The van der Waals surface area contributed by atoms with Gasteiger partial charge in [-0.3, -0.25) is 10.1 Å². The molecule has 1 heterocycles. The van der Waals surface area contributed by atoms with Gasteiger partial charge in [-0.15, -0.1) is 0 Å². The average Bonchev–Trinajstić information content (AvgIpc) is 2.54. The minimum absolute atomic E-state index is 0.161. The van der Waals surface area contributed by atoms with Crippen LogP contribution in [0, 0.1) is 10.1 Å². The average molecular weight is 327 g/mol. The van der Waals surface area contributed by atoms with Gasteiger partial charge >= 0.3 is 5.97 Å². The van der Waals surface area contributed by atoms with Crippen molar-refractivity contribution in [1.29, 1.82) is 0 Å². The number of fused-ring (bicyclic) bond motifs is 1. The molecule has 0 amide bonds. The molecule has 0 radical (unpaired) electrons. The van der Waals surface area contributed by atoms with Crippen LogP contribution in [0.4, 0.5) is 5.69 Å². The van der Waals surface area contributed by atoms with Crippen molar-refractivity contribution in [2.24, 2.45) is 0 Å². The Balaban J connectivity index is 2.35. The number of ether oxygens (including phenoxy) is 5. The number of carbonyl (C=O) groups excluding carboxylic acids is 1. The summed E-state index contributed by atoms with van der Waals surface area (Å²) in [7, 11) is 1.15. The van der Waals surface area contributed by atoms with E-state index in [1.54, 1.807) is 0 Å². The van der Waals surface area contributed by atoms with Crippen molar-refractivity contribution in [2.45, 2.75) is 0 Å². The van der Waals surface area contributed by atoms with E-state index in [0.29, 0.717) is 26.4 Å². The number of nitrogens with zero attached hydrogens (tertiary/aromatic N) is 1. The maximum atomic E-state index is 11.7. The molecule has 9 heteroatoms. The fraction of sp³-hybridized carbons (Fsp3) is 0.500. The Morgan fingerprint density at radius 3 is 2.09 bits per heavy atom. The third-order valence-electron chi connectivity index (χ3n) is 3.01. The van der Waals surface area contributed by atoms with Crippen LogP contribution in [0.25, 0.3) is 0 Å². The summed E-state index contributed by atoms with van der Waals surface area (Å²) in [5.41, 5.74) is -0.618. The highest BCUT2D eigenvalue weighted by molar-refractivity contribution is 5.94. The molecule has 1 aliphatic rings. The Kier molecular flexibility index (Phi) is 6.12. The van der Waals surface area contributed by atoms with Crippen LogP contribution in [-0.4, -0.2) is 57.6 Å². The summed E-state index contributed by atoms with van der Waals surface area (Å²) in [6.07, 6.45) is 0. The quantitative estimate of drug-likeness (QED) is 0.453. The normalized spacial score (nSPS) is 15.9. The van der Waals surface area contributed by atoms with Crippen molar-refractivity contribution in [3.8, 4) is 11.5 Å². The van der Waals surface area contributed by atoms with Crippen LogP contribution in [0.5, 0.6) is 11.5 Å². The van der Waals surface area contributed by atoms with Gasteiger partial charge < -0.3 is 23.7 Å². The number of hydrogen-bond acceptors (Lipinski definition) is 8. The number of hydrogen-bond donors (Lipinski definition) is 0. The van der Waals surface area contributed by atoms with E-state index in [0.717, 1.165) is 13.2 Å². The summed E-state index contributed by atoms with van der Waals surface area (Å²) in [6, 6.07) is 2.39. The molecule has 0 bridgehead atoms. The Labute approximate surface area is 132 Å². The summed E-state index contributed by atoms with van der Waals surface area (Å²) in [4.78, 5) is 22.2. The van der Waals surface area contributed by atoms with E-state index in [9.17, 15) is 14.9 Å². The number of esters is 1. The molecule has 1 aromatic carbocycles. The molecule has 0 atom stereocenters. The zero-order valence-electron chi connectivity index (χ0n) is 12.6. The predicted molar refractivity (Wildman–Crippen MR) is 77.1 cm³/mol. The number of nitro benzene ring substituents is 1. The van der Waals surface area contributed by atoms with Gasteiger partial charge in [0.25, 0.3) is 5.69 Å². The number of nitro groups is 1. The molecule has 23 heavy (non-hydrogen) atoms. The Morgan fingerprint density at radius 1 is 1.04 bits per heavy atom. The van der Waals surface area contributed by atoms with Crippen LogP contribution >= 0.6 is 0 Å². The van der Waals surface area contributed by atoms with E-state index in [1.807, 2.05) is 0 Å². The lowest BCUT2D eigenvalue weighted by molar-refractivity contribution is -0.385. The molecular weight excluding hydrogens is 310 g/mol. The molecular formula is C14H17NO8. The molecule has 2 rings (SSSR count). The summed E-state index contributed by atoms with van der Waals surface area (Å²) in [5, 5.41) is 11.2. The van der Waals surface area contributed by atoms with E-state index in [4.69, 9.17) is 18.9 Å². The van der Waals surface area contributed by atoms with Crippen LogP contribution in [0.2, 0.25) is 0 Å². The predicted octanol–water partition coefficient (Wildman–Crippen LogP) is 1.19. The van der Waals surface area contributed by atoms with E-state index in [-0.39, 0.29) is 30.3 Å². The first-order chi connectivity index (χ1) is 11.1. The third-order valence-corrected chi connectivity index (χ3v) is 3.01. The number of benzene rings is 1. The van der Waals surface area contributed by atoms with Crippen LogP contribution in [0.15, 0.2) is 12.1 Å². The lowest BCUT2D eigenvalue weighted by Crippen LogP contribution is -2.16. The molecule has 0 saturated heterocycles. The molecule has 0 unspecified atom stereocenters. The van der Waals surface area contributed by atoms with Gasteiger partial charge in [0.15, 0.2) is 11.5 Å². The van der Waals surface area contributed by atoms with Gasteiger partial charge in [0.1, 0.15) is 18.8 Å². The molecule has 0 aliphatic carbocycles. The maximum absolute atomic E-state index is 11.7. The molecule has 0 saturated carbocycles. The largest absolute Gasteiger partial charge is 0.487 e. The van der Waals surface area contributed by atoms with Gasteiger partial charge in [-0.1, -0.05) is 0 Å². The minimum atomic E-state index is -0.825. The fourth-order valence-corrected chi connectivity index (χ4v) is 1.94. The van der Waals surface area contributed by atoms with E-state index in [2.05, 4.69) is 4.74 Å². The van der Waals surface area contributed by atoms with Gasteiger partial charge in [0.2, 0.25) is 0 Å². The molecule has 9 nitrogen and oxygen atoms in total. The summed E-state index contributed by atoms with van der Waals surface area (Å²) < 4.78 is 26.1. The van der Waals surface area contributed by atoms with Crippen LogP contribution in [0.1, 0.15) is 10.4 Å². The second kappa shape index (κ2) is 8.30. The zero-order valence-corrected chi connectivity index (χ0v) is 12.6. The molecule has 126 valence electrons. The Bertz CT molecular complexity index is 574. The monoisotopic (exact) mass is 327 g/mol. The second-order valence-corrected chi connectivity index (χ2v) is 4.49. The number of rotatable bonds is 2. The highest BCUT2D eigenvalue weighted by atomic mass is 16.6. The Morgan fingerprint density at radius 2 is 1.57 bits per heavy atom. The summed E-state index contributed by atoms with van der Waals surface area (Å²) >= 11 is 0. The van der Waals surface area contributed by atoms with Crippen molar-refractivity contribution in [1.82, 2.24) is 0 Å². The summed E-state index contributed by atoms with van der Waals surface area (Å²) in [6.45, 7) is 1.87. The smallest absolute Gasteiger partial charge is 0.345 e. The first-order valence-corrected chi connectivity index (χ1v) is 6.95. The zero-order chi connectivity index (χ0) is 16.7. The highest BCUT2D eigenvalue weighted by Crippen LogP contribution is 2.35. The molecule has 1 aliphatic heterocycles. The van der Waals surface area contributed by atoms with Gasteiger partial charge in [-0.05, 0) is 0 Å². The van der Waals surface area contributed by atoms with Crippen LogP contribution in [-0.2, 0) is 14.2 Å². The molecule has 1 aromatic rings.